The molecule has 4 aromatic rings. The molecule has 0 spiro atoms. The first-order chi connectivity index (χ1) is 20.2. The van der Waals surface area contributed by atoms with Gasteiger partial charge in [0.1, 0.15) is 11.3 Å². The maximum atomic E-state index is 16.1. The van der Waals surface area contributed by atoms with Crippen molar-refractivity contribution in [1.29, 1.82) is 0 Å². The minimum atomic E-state index is -4.78. The van der Waals surface area contributed by atoms with Crippen molar-refractivity contribution >= 4 is 87.6 Å². The second-order valence-electron chi connectivity index (χ2n) is 9.26. The lowest BCUT2D eigenvalue weighted by Crippen LogP contribution is -2.41. The van der Waals surface area contributed by atoms with E-state index in [0.29, 0.717) is 10.5 Å². The minimum Gasteiger partial charge on any atom is -0.288 e. The molecule has 0 atom stereocenters. The highest BCUT2D eigenvalue weighted by Crippen LogP contribution is 2.35. The Hall–Kier alpha value is -2.91. The molecule has 16 heteroatoms. The number of hydrogen-bond donors (Lipinski definition) is 0. The highest BCUT2D eigenvalue weighted by molar-refractivity contribution is 9.10. The van der Waals surface area contributed by atoms with Gasteiger partial charge in [-0.2, -0.15) is 3.71 Å². The van der Waals surface area contributed by atoms with E-state index in [1.807, 2.05) is 0 Å². The van der Waals surface area contributed by atoms with Crippen molar-refractivity contribution in [1.82, 2.24) is 9.55 Å². The number of carbonyl (C=O) groups excluding carboxylic acids is 2. The van der Waals surface area contributed by atoms with Gasteiger partial charge in [-0.1, -0.05) is 43.1 Å². The summed E-state index contributed by atoms with van der Waals surface area (Å²) in [7, 11) is -9.56. The van der Waals surface area contributed by atoms with Gasteiger partial charge in [0.05, 0.1) is 38.2 Å². The molecule has 43 heavy (non-hydrogen) atoms. The average molecular weight is 737 g/mol. The van der Waals surface area contributed by atoms with Gasteiger partial charge in [0.25, 0.3) is 5.91 Å². The van der Waals surface area contributed by atoms with E-state index < -0.39 is 66.1 Å². The Kier molecular flexibility index (Phi) is 9.67. The van der Waals surface area contributed by atoms with E-state index in [2.05, 4.69) is 20.9 Å². The van der Waals surface area contributed by atoms with Crippen LogP contribution in [0.3, 0.4) is 0 Å². The SMILES string of the molecule is CCCS(=O)(=O)N(c1c(F)ccc(C(=O)c2cn(C(=O)c3c(Cl)cccc3Cl)c3ncc(Br)cc23)c1F)S(=O)(=O)CCC. The molecule has 0 N–H and O–H groups in total. The van der Waals surface area contributed by atoms with E-state index in [1.54, 1.807) is 0 Å². The third-order valence-electron chi connectivity index (χ3n) is 6.17. The van der Waals surface area contributed by atoms with Crippen LogP contribution in [0.1, 0.15) is 53.0 Å². The van der Waals surface area contributed by atoms with Crippen LogP contribution in [0.2, 0.25) is 10.0 Å². The molecule has 0 unspecified atom stereocenters. The second kappa shape index (κ2) is 12.6. The van der Waals surface area contributed by atoms with Crippen LogP contribution in [0.25, 0.3) is 11.0 Å². The zero-order valence-corrected chi connectivity index (χ0v) is 27.2. The maximum Gasteiger partial charge on any atom is 0.266 e. The van der Waals surface area contributed by atoms with Crippen LogP contribution in [0.5, 0.6) is 0 Å². The Morgan fingerprint density at radius 3 is 2.09 bits per heavy atom. The minimum absolute atomic E-state index is 0.0141. The molecule has 2 aromatic heterocycles. The van der Waals surface area contributed by atoms with E-state index >= 15 is 8.78 Å². The van der Waals surface area contributed by atoms with Crippen molar-refractivity contribution in [3.63, 3.8) is 0 Å². The predicted octanol–water partition coefficient (Wildman–Crippen LogP) is 6.59. The van der Waals surface area contributed by atoms with Crippen LogP contribution in [0.4, 0.5) is 14.5 Å². The summed E-state index contributed by atoms with van der Waals surface area (Å²) in [6.07, 6.45) is 2.32. The first-order valence-corrected chi connectivity index (χ1v) is 17.4. The molecule has 0 aliphatic heterocycles. The Morgan fingerprint density at radius 1 is 0.953 bits per heavy atom. The van der Waals surface area contributed by atoms with Crippen LogP contribution >= 0.6 is 39.1 Å². The first kappa shape index (κ1) is 33.0. The van der Waals surface area contributed by atoms with Gasteiger partial charge in [0.2, 0.25) is 20.0 Å². The lowest BCUT2D eigenvalue weighted by Gasteiger charge is -2.25. The fourth-order valence-electron chi connectivity index (χ4n) is 4.40. The van der Waals surface area contributed by atoms with Crippen molar-refractivity contribution in [2.45, 2.75) is 26.7 Å². The van der Waals surface area contributed by atoms with Gasteiger partial charge in [-0.3, -0.25) is 14.2 Å². The second-order valence-corrected chi connectivity index (χ2v) is 15.1. The highest BCUT2D eigenvalue weighted by atomic mass is 79.9. The van der Waals surface area contributed by atoms with E-state index in [9.17, 15) is 26.4 Å². The van der Waals surface area contributed by atoms with Crippen LogP contribution in [-0.2, 0) is 20.0 Å². The van der Waals surface area contributed by atoms with Crippen molar-refractivity contribution < 1.29 is 35.2 Å². The maximum absolute atomic E-state index is 16.1. The number of hydrogen-bond acceptors (Lipinski definition) is 7. The van der Waals surface area contributed by atoms with Gasteiger partial charge >= 0.3 is 0 Å². The Labute approximate surface area is 264 Å². The molecular formula is C27H22BrCl2F2N3O6S2. The summed E-state index contributed by atoms with van der Waals surface area (Å²) in [5.41, 5.74) is -2.68. The number of anilines is 1. The number of fused-ring (bicyclic) bond motifs is 1. The Morgan fingerprint density at radius 2 is 1.53 bits per heavy atom. The van der Waals surface area contributed by atoms with Gasteiger partial charge in [0, 0.05) is 22.3 Å². The molecule has 2 heterocycles. The summed E-state index contributed by atoms with van der Waals surface area (Å²) in [6, 6.07) is 7.18. The van der Waals surface area contributed by atoms with E-state index in [1.165, 1.54) is 44.3 Å². The van der Waals surface area contributed by atoms with Crippen molar-refractivity contribution in [3.8, 4) is 0 Å². The number of nitrogens with zero attached hydrogens (tertiary/aromatic N) is 3. The lowest BCUT2D eigenvalue weighted by atomic mass is 10.0. The molecule has 0 aliphatic carbocycles. The van der Waals surface area contributed by atoms with Gasteiger partial charge in [0.15, 0.2) is 17.4 Å². The molecule has 0 radical (unpaired) electrons. The van der Waals surface area contributed by atoms with Gasteiger partial charge < -0.3 is 0 Å². The monoisotopic (exact) mass is 735 g/mol. The third kappa shape index (κ3) is 6.21. The Bertz CT molecular complexity index is 1950. The molecule has 4 rings (SSSR count). The van der Waals surface area contributed by atoms with Crippen molar-refractivity contribution in [3.05, 3.63) is 91.6 Å². The summed E-state index contributed by atoms with van der Waals surface area (Å²) < 4.78 is 84.5. The number of sulfonamides is 2. The molecule has 0 amide bonds. The molecular weight excluding hydrogens is 715 g/mol. The van der Waals surface area contributed by atoms with E-state index in [4.69, 9.17) is 23.2 Å². The number of benzene rings is 2. The smallest absolute Gasteiger partial charge is 0.266 e. The number of aromatic nitrogens is 2. The van der Waals surface area contributed by atoms with Crippen LogP contribution in [0, 0.1) is 11.6 Å². The average Bonchev–Trinajstić information content (AvgIpc) is 3.28. The van der Waals surface area contributed by atoms with Crippen molar-refractivity contribution in [2.75, 3.05) is 15.2 Å². The number of ketones is 1. The molecule has 0 saturated carbocycles. The number of rotatable bonds is 10. The van der Waals surface area contributed by atoms with Gasteiger partial charge in [-0.25, -0.2) is 30.6 Å². The quantitative estimate of drug-likeness (QED) is 0.168. The van der Waals surface area contributed by atoms with Crippen LogP contribution < -0.4 is 3.71 Å². The molecule has 0 fully saturated rings. The summed E-state index contributed by atoms with van der Waals surface area (Å²) in [4.78, 5) is 31.6. The van der Waals surface area contributed by atoms with E-state index in [-0.39, 0.29) is 48.8 Å². The predicted molar refractivity (Wildman–Crippen MR) is 164 cm³/mol. The van der Waals surface area contributed by atoms with Crippen molar-refractivity contribution in [2.24, 2.45) is 0 Å². The topological polar surface area (TPSA) is 123 Å². The van der Waals surface area contributed by atoms with Crippen LogP contribution in [-0.4, -0.2) is 49.6 Å². The third-order valence-corrected chi connectivity index (χ3v) is 11.8. The molecule has 0 saturated heterocycles. The van der Waals surface area contributed by atoms with Gasteiger partial charge in [-0.05, 0) is 59.1 Å². The summed E-state index contributed by atoms with van der Waals surface area (Å²) in [5, 5.41) is 0.0932. The number of pyridine rings is 1. The standard InChI is InChI=1S/C27H22BrCl2F2N3O6S2/c1-3-10-42(38,39)35(43(40,41)11-4-2)24-21(31)9-8-16(23(24)32)25(36)18-14-34(26-17(18)12-15(28)13-33-26)27(37)22-19(29)6-5-7-20(22)30/h5-9,12-14H,3-4,10-11H2,1-2H3. The van der Waals surface area contributed by atoms with Crippen LogP contribution in [0.15, 0.2) is 53.3 Å². The first-order valence-electron chi connectivity index (χ1n) is 12.6. The van der Waals surface area contributed by atoms with E-state index in [0.717, 1.165) is 16.8 Å². The molecule has 2 aromatic carbocycles. The zero-order valence-electron chi connectivity index (χ0n) is 22.4. The van der Waals surface area contributed by atoms with Gasteiger partial charge in [-0.15, -0.1) is 0 Å². The zero-order chi connectivity index (χ0) is 31.9. The number of carbonyl (C=O) groups is 2. The summed E-state index contributed by atoms with van der Waals surface area (Å²) >= 11 is 15.7. The molecule has 0 bridgehead atoms. The highest BCUT2D eigenvalue weighted by Gasteiger charge is 2.39. The largest absolute Gasteiger partial charge is 0.288 e. The summed E-state index contributed by atoms with van der Waals surface area (Å²) in [5.74, 6) is -6.56. The summed E-state index contributed by atoms with van der Waals surface area (Å²) in [6.45, 7) is 2.90. The lowest BCUT2D eigenvalue weighted by molar-refractivity contribution is 0.0964. The fraction of sp³-hybridized carbons (Fsp3) is 0.222. The normalized spacial score (nSPS) is 12.1. The molecule has 228 valence electrons. The Balaban J connectivity index is 1.96. The number of halogens is 5. The molecule has 9 nitrogen and oxygen atoms in total. The molecule has 0 aliphatic rings. The fourth-order valence-corrected chi connectivity index (χ4v) is 9.38.